The molecule has 14 radical (unpaired) electrons. The zero-order valence-corrected chi connectivity index (χ0v) is 36.7. The van der Waals surface area contributed by atoms with Gasteiger partial charge in [0, 0.05) is 119 Å². The average molecular weight is 937 g/mol. The normalized spacial score (nSPS) is 13.1. The SMILES string of the molecule is CCCCN1C=CN(CCCN2C=CN(CCCC)[CH-]2)[CH-]1.[B]B([B])B([B])C(B([B])[B])(B([B])[B])c1ccc(-c2[c-]cc(N(c3ccccc3)c3ccccc3)cc2)nc1.[Pt]. The number of aromatic nitrogens is 1. The number of pyridine rings is 1. The molecule has 0 amide bonds. The van der Waals surface area contributed by atoms with E-state index >= 15 is 0 Å². The predicted octanol–water partition coefficient (Wildman–Crippen LogP) is 4.98. The molecule has 2 aliphatic rings. The second kappa shape index (κ2) is 24.2. The number of para-hydroxylation sites is 2. The minimum absolute atomic E-state index is 0. The summed E-state index contributed by atoms with van der Waals surface area (Å²) < 4.78 is 0. The van der Waals surface area contributed by atoms with E-state index in [-0.39, 0.29) is 21.1 Å². The molecule has 0 atom stereocenters. The first-order valence-electron chi connectivity index (χ1n) is 20.4. The van der Waals surface area contributed by atoms with Crippen LogP contribution in [0.3, 0.4) is 0 Å². The van der Waals surface area contributed by atoms with Crippen molar-refractivity contribution in [3.63, 3.8) is 0 Å². The van der Waals surface area contributed by atoms with Crippen molar-refractivity contribution < 1.29 is 21.1 Å². The van der Waals surface area contributed by atoms with Crippen molar-refractivity contribution >= 4 is 97.1 Å². The van der Waals surface area contributed by atoms with E-state index in [1.165, 1.54) is 32.1 Å². The molecule has 3 heterocycles. The summed E-state index contributed by atoms with van der Waals surface area (Å²) in [5, 5.41) is -1.28. The number of anilines is 3. The van der Waals surface area contributed by atoms with Crippen LogP contribution in [0.2, 0.25) is 0 Å². The van der Waals surface area contributed by atoms with Crippen LogP contribution in [-0.2, 0) is 26.2 Å². The zero-order valence-electron chi connectivity index (χ0n) is 34.4. The average Bonchev–Trinajstić information content (AvgIpc) is 3.90. The number of rotatable bonds is 19. The Kier molecular flexibility index (Phi) is 19.8. The third kappa shape index (κ3) is 12.9. The fourth-order valence-corrected chi connectivity index (χ4v) is 7.21. The van der Waals surface area contributed by atoms with Crippen LogP contribution < -0.4 is 4.90 Å². The van der Waals surface area contributed by atoms with Crippen molar-refractivity contribution in [2.45, 2.75) is 51.1 Å². The predicted molar refractivity (Wildman–Crippen MR) is 256 cm³/mol. The second-order valence-electron chi connectivity index (χ2n) is 14.8. The Hall–Kier alpha value is -3.31. The van der Waals surface area contributed by atoms with E-state index in [0.29, 0.717) is 11.3 Å². The van der Waals surface area contributed by atoms with Crippen LogP contribution in [0.25, 0.3) is 11.3 Å². The first-order chi connectivity index (χ1) is 28.1. The van der Waals surface area contributed by atoms with E-state index in [1.54, 1.807) is 12.3 Å². The minimum Gasteiger partial charge on any atom is -0.508 e. The van der Waals surface area contributed by atoms with Crippen molar-refractivity contribution in [3.8, 4) is 11.3 Å². The van der Waals surface area contributed by atoms with E-state index in [1.807, 2.05) is 60.7 Å². The van der Waals surface area contributed by atoms with Crippen LogP contribution in [0, 0.1) is 19.4 Å². The van der Waals surface area contributed by atoms with Gasteiger partial charge in [0.1, 0.15) is 0 Å². The van der Waals surface area contributed by atoms with Crippen LogP contribution in [0.15, 0.2) is 122 Å². The third-order valence-corrected chi connectivity index (χ3v) is 10.6. The first-order valence-corrected chi connectivity index (χ1v) is 20.4. The van der Waals surface area contributed by atoms with E-state index in [9.17, 15) is 0 Å². The van der Waals surface area contributed by atoms with Crippen LogP contribution in [-0.4, -0.2) is 131 Å². The maximum atomic E-state index is 6.31. The molecule has 1 aromatic heterocycles. The summed E-state index contributed by atoms with van der Waals surface area (Å²) in [5.41, 5.74) is 5.10. The first kappa shape index (κ1) is 48.4. The van der Waals surface area contributed by atoms with Crippen LogP contribution in [0.5, 0.6) is 0 Å². The second-order valence-corrected chi connectivity index (χ2v) is 14.8. The molecule has 4 aromatic rings. The standard InChI is InChI=1S/C24H16B11N2.C17H30N4.Pt/c25-32(26)24(33(27)28,34(29)35(30)31)19-13-16-23(36-17-19)18-11-14-22(15-12-18)37(20-7-3-1-4-8-20)21-9-5-2-6-10-21;1-3-5-8-18-12-14-20(16-18)10-7-11-21-15-13-19(17-21)9-6-4-2;/h1-11,13-17H;12-17H,3-11H2,1-2H3;/q-1;-2;. The number of benzene rings is 3. The molecule has 286 valence electrons. The molecule has 0 saturated heterocycles. The Morgan fingerprint density at radius 1 is 0.610 bits per heavy atom. The van der Waals surface area contributed by atoms with Gasteiger partial charge < -0.3 is 29.5 Å². The number of hydrogen-bond donors (Lipinski definition) is 0. The fourth-order valence-electron chi connectivity index (χ4n) is 7.21. The van der Waals surface area contributed by atoms with Gasteiger partial charge in [0.15, 0.2) is 0 Å². The Morgan fingerprint density at radius 2 is 1.08 bits per heavy atom. The Balaban J connectivity index is 0.000000297. The monoisotopic (exact) mass is 938 g/mol. The van der Waals surface area contributed by atoms with E-state index in [2.05, 4.69) is 112 Å². The van der Waals surface area contributed by atoms with E-state index < -0.39 is 31.0 Å². The van der Waals surface area contributed by atoms with E-state index in [0.717, 1.165) is 48.8 Å². The van der Waals surface area contributed by atoms with Crippen LogP contribution in [0.4, 0.5) is 17.1 Å². The summed E-state index contributed by atoms with van der Waals surface area (Å²) in [6.07, 6.45) is 15.6. The number of nitrogens with zero attached hydrogens (tertiary/aromatic N) is 6. The Morgan fingerprint density at radius 3 is 1.46 bits per heavy atom. The number of unbranched alkanes of at least 4 members (excludes halogenated alkanes) is 2. The maximum Gasteiger partial charge on any atom is 0.0378 e. The summed E-state index contributed by atoms with van der Waals surface area (Å²) >= 11 is 0. The molecule has 2 aliphatic heterocycles. The van der Waals surface area contributed by atoms with Crippen molar-refractivity contribution in [1.29, 1.82) is 0 Å². The topological polar surface area (TPSA) is 29.1 Å². The summed E-state index contributed by atoms with van der Waals surface area (Å²) in [6, 6.07) is 33.2. The van der Waals surface area contributed by atoms with Gasteiger partial charge in [0.25, 0.3) is 0 Å². The van der Waals surface area contributed by atoms with Crippen LogP contribution in [0.1, 0.15) is 51.5 Å². The molecule has 0 aliphatic carbocycles. The molecule has 3 aromatic carbocycles. The molecule has 0 spiro atoms. The molecule has 0 saturated carbocycles. The van der Waals surface area contributed by atoms with Gasteiger partial charge in [-0.2, -0.15) is 13.3 Å². The molecular weight excluding hydrogens is 891 g/mol. The van der Waals surface area contributed by atoms with Gasteiger partial charge in [-0.15, -0.1) is 34.9 Å². The third-order valence-electron chi connectivity index (χ3n) is 10.6. The van der Waals surface area contributed by atoms with Crippen molar-refractivity contribution in [1.82, 2.24) is 24.6 Å². The molecule has 0 unspecified atom stereocenters. The smallest absolute Gasteiger partial charge is 0.0378 e. The van der Waals surface area contributed by atoms with Crippen LogP contribution >= 0.6 is 0 Å². The molecule has 6 rings (SSSR count). The summed E-state index contributed by atoms with van der Waals surface area (Å²) in [6.45, 7) is 10.5. The van der Waals surface area contributed by atoms with E-state index in [4.69, 9.17) is 54.2 Å². The van der Waals surface area contributed by atoms with Gasteiger partial charge in [-0.1, -0.05) is 80.8 Å². The van der Waals surface area contributed by atoms with Crippen molar-refractivity contribution in [2.75, 3.05) is 31.1 Å². The number of hydrogen-bond acceptors (Lipinski definition) is 6. The van der Waals surface area contributed by atoms with Gasteiger partial charge in [-0.3, -0.25) is 0 Å². The molecule has 59 heavy (non-hydrogen) atoms. The summed E-state index contributed by atoms with van der Waals surface area (Å²) in [5.74, 6) is 0. The molecule has 18 heteroatoms. The molecule has 0 fully saturated rings. The van der Waals surface area contributed by atoms with Crippen molar-refractivity contribution in [2.24, 2.45) is 0 Å². The van der Waals surface area contributed by atoms with Gasteiger partial charge >= 0.3 is 0 Å². The largest absolute Gasteiger partial charge is 0.508 e. The molecule has 0 N–H and O–H groups in total. The summed E-state index contributed by atoms with van der Waals surface area (Å²) in [4.78, 5) is 15.9. The Labute approximate surface area is 380 Å². The zero-order chi connectivity index (χ0) is 41.5. The molecule has 6 nitrogen and oxygen atoms in total. The van der Waals surface area contributed by atoms with Gasteiger partial charge in [-0.05, 0) is 106 Å². The fraction of sp³-hybridized carbons (Fsp3) is 0.293. The maximum absolute atomic E-state index is 6.31. The molecule has 0 bridgehead atoms. The molecular formula is C41H46B11N6Pt-3. The summed E-state index contributed by atoms with van der Waals surface area (Å²) in [7, 11) is 42.6. The van der Waals surface area contributed by atoms with Crippen molar-refractivity contribution in [3.05, 3.63) is 147 Å². The van der Waals surface area contributed by atoms with Gasteiger partial charge in [0.05, 0.1) is 0 Å². The Bertz CT molecular complexity index is 1770. The minimum atomic E-state index is -1.28. The van der Waals surface area contributed by atoms with Gasteiger partial charge in [-0.25, -0.2) is 0 Å². The quantitative estimate of drug-likeness (QED) is 0.0976. The van der Waals surface area contributed by atoms with Gasteiger partial charge in [0.2, 0.25) is 0 Å².